The first-order chi connectivity index (χ1) is 11.1. The maximum atomic E-state index is 12.1. The van der Waals surface area contributed by atoms with E-state index in [1.54, 1.807) is 30.5 Å². The van der Waals surface area contributed by atoms with Gasteiger partial charge in [-0.15, -0.1) is 0 Å². The van der Waals surface area contributed by atoms with Gasteiger partial charge in [-0.05, 0) is 49.3 Å². The molecule has 8 heteroatoms. The molecule has 1 amide bonds. The van der Waals surface area contributed by atoms with Gasteiger partial charge in [0.25, 0.3) is 5.91 Å². The Morgan fingerprint density at radius 3 is 2.74 bits per heavy atom. The molecule has 0 saturated heterocycles. The average molecular weight is 350 g/mol. The molecule has 1 aliphatic carbocycles. The van der Waals surface area contributed by atoms with E-state index >= 15 is 0 Å². The zero-order valence-electron chi connectivity index (χ0n) is 12.7. The molecule has 0 bridgehead atoms. The fourth-order valence-electron chi connectivity index (χ4n) is 2.41. The Morgan fingerprint density at radius 1 is 1.43 bits per heavy atom. The fourth-order valence-corrected chi connectivity index (χ4v) is 3.23. The number of carbonyl (C=O) groups excluding carboxylic acids is 1. The number of carbonyl (C=O) groups is 1. The average Bonchev–Trinajstić information content (AvgIpc) is 3.31. The van der Waals surface area contributed by atoms with E-state index in [2.05, 4.69) is 15.5 Å². The minimum atomic E-state index is -1.04. The highest BCUT2D eigenvalue weighted by Crippen LogP contribution is 2.35. The van der Waals surface area contributed by atoms with Crippen molar-refractivity contribution >= 4 is 28.9 Å². The Kier molecular flexibility index (Phi) is 4.72. The van der Waals surface area contributed by atoms with Crippen LogP contribution in [0.3, 0.4) is 0 Å². The summed E-state index contributed by atoms with van der Waals surface area (Å²) in [6, 6.07) is 7.26. The molecule has 1 aromatic carbocycles. The van der Waals surface area contributed by atoms with E-state index in [0.717, 1.165) is 18.7 Å². The number of H-pyrrole nitrogens is 1. The molecular formula is C15H18N4O2S2. The monoisotopic (exact) mass is 350 g/mol. The first-order valence-corrected chi connectivity index (χ1v) is 9.40. The number of nitrogens with one attached hydrogen (secondary N) is 2. The first kappa shape index (κ1) is 16.1. The number of rotatable bonds is 6. The molecular weight excluding hydrogens is 332 g/mol. The van der Waals surface area contributed by atoms with Crippen molar-refractivity contribution in [2.45, 2.75) is 30.2 Å². The molecule has 122 valence electrons. The van der Waals surface area contributed by atoms with Gasteiger partial charge < -0.3 is 9.88 Å². The van der Waals surface area contributed by atoms with Crippen LogP contribution < -0.4 is 5.32 Å². The fraction of sp³-hybridized carbons (Fsp3) is 0.400. The van der Waals surface area contributed by atoms with E-state index in [1.807, 2.05) is 4.57 Å². The molecule has 1 aliphatic rings. The lowest BCUT2D eigenvalue weighted by atomic mass is 10.2. The van der Waals surface area contributed by atoms with Gasteiger partial charge in [0.1, 0.15) is 5.82 Å². The second-order valence-corrected chi connectivity index (χ2v) is 7.30. The van der Waals surface area contributed by atoms with Gasteiger partial charge in [-0.2, -0.15) is 5.10 Å². The van der Waals surface area contributed by atoms with E-state index in [-0.39, 0.29) is 5.91 Å². The summed E-state index contributed by atoms with van der Waals surface area (Å²) < 4.78 is 14.0. The Labute approximate surface area is 141 Å². The zero-order chi connectivity index (χ0) is 16.4. The third-order valence-corrected chi connectivity index (χ3v) is 5.00. The standard InChI is InChI=1S/C15H18N4O2S2/c1-23(21)12-6-2-10(3-7-12)14(20)16-9-8-13-17-18-15(22)19(13)11-4-5-11/h2-3,6-7,11H,4-5,8-9H2,1H3,(H,16,20)(H,18,22). The van der Waals surface area contributed by atoms with Gasteiger partial charge in [0.15, 0.2) is 4.77 Å². The van der Waals surface area contributed by atoms with Gasteiger partial charge in [0.2, 0.25) is 0 Å². The van der Waals surface area contributed by atoms with E-state index in [1.165, 1.54) is 0 Å². The minimum absolute atomic E-state index is 0.148. The first-order valence-electron chi connectivity index (χ1n) is 7.43. The SMILES string of the molecule is CS(=O)c1ccc(C(=O)NCCc2n[nH]c(=S)n2C2CC2)cc1. The largest absolute Gasteiger partial charge is 0.352 e. The number of aromatic nitrogens is 3. The number of amides is 1. The lowest BCUT2D eigenvalue weighted by Crippen LogP contribution is -2.26. The van der Waals surface area contributed by atoms with Crippen molar-refractivity contribution in [3.05, 3.63) is 40.4 Å². The van der Waals surface area contributed by atoms with Crippen molar-refractivity contribution < 1.29 is 9.00 Å². The maximum absolute atomic E-state index is 12.1. The molecule has 0 radical (unpaired) electrons. The van der Waals surface area contributed by atoms with Gasteiger partial charge in [0, 0.05) is 46.5 Å². The van der Waals surface area contributed by atoms with Crippen LogP contribution in [0.15, 0.2) is 29.2 Å². The lowest BCUT2D eigenvalue weighted by Gasteiger charge is -2.07. The number of nitrogens with zero attached hydrogens (tertiary/aromatic N) is 2. The highest BCUT2D eigenvalue weighted by Gasteiger charge is 2.26. The third kappa shape index (κ3) is 3.76. The van der Waals surface area contributed by atoms with Crippen molar-refractivity contribution in [1.29, 1.82) is 0 Å². The number of hydrogen-bond donors (Lipinski definition) is 2. The summed E-state index contributed by atoms with van der Waals surface area (Å²) in [5.74, 6) is 0.736. The molecule has 1 saturated carbocycles. The van der Waals surface area contributed by atoms with Crippen LogP contribution in [0.5, 0.6) is 0 Å². The topological polar surface area (TPSA) is 79.8 Å². The maximum Gasteiger partial charge on any atom is 0.251 e. The molecule has 6 nitrogen and oxygen atoms in total. The molecule has 1 fully saturated rings. The smallest absolute Gasteiger partial charge is 0.251 e. The van der Waals surface area contributed by atoms with Crippen LogP contribution in [0.2, 0.25) is 0 Å². The van der Waals surface area contributed by atoms with Crippen LogP contribution in [-0.2, 0) is 17.2 Å². The van der Waals surface area contributed by atoms with Crippen LogP contribution in [0.25, 0.3) is 0 Å². The van der Waals surface area contributed by atoms with Gasteiger partial charge in [0.05, 0.1) is 0 Å². The summed E-state index contributed by atoms with van der Waals surface area (Å²) in [5, 5.41) is 9.93. The molecule has 1 heterocycles. The van der Waals surface area contributed by atoms with Crippen LogP contribution in [-0.4, -0.2) is 37.7 Å². The molecule has 1 aromatic heterocycles. The molecule has 1 atom stereocenters. The van der Waals surface area contributed by atoms with E-state index in [4.69, 9.17) is 12.2 Å². The highest BCUT2D eigenvalue weighted by molar-refractivity contribution is 7.84. The molecule has 0 spiro atoms. The van der Waals surface area contributed by atoms with Crippen molar-refractivity contribution in [2.75, 3.05) is 12.8 Å². The van der Waals surface area contributed by atoms with Crippen molar-refractivity contribution in [2.24, 2.45) is 0 Å². The summed E-state index contributed by atoms with van der Waals surface area (Å²) >= 11 is 5.23. The Bertz CT molecular complexity index is 791. The minimum Gasteiger partial charge on any atom is -0.352 e. The predicted molar refractivity (Wildman–Crippen MR) is 90.5 cm³/mol. The number of hydrogen-bond acceptors (Lipinski definition) is 4. The Morgan fingerprint density at radius 2 is 2.13 bits per heavy atom. The highest BCUT2D eigenvalue weighted by atomic mass is 32.2. The number of benzene rings is 1. The summed E-state index contributed by atoms with van der Waals surface area (Å²) in [4.78, 5) is 12.8. The summed E-state index contributed by atoms with van der Waals surface area (Å²) in [7, 11) is -1.04. The Hall–Kier alpha value is -1.80. The summed E-state index contributed by atoms with van der Waals surface area (Å²) in [6.45, 7) is 0.493. The van der Waals surface area contributed by atoms with E-state index in [0.29, 0.717) is 34.2 Å². The van der Waals surface area contributed by atoms with Crippen molar-refractivity contribution in [1.82, 2.24) is 20.1 Å². The Balaban J connectivity index is 1.57. The second kappa shape index (κ2) is 6.76. The van der Waals surface area contributed by atoms with Crippen molar-refractivity contribution in [3.63, 3.8) is 0 Å². The van der Waals surface area contributed by atoms with Gasteiger partial charge in [-0.3, -0.25) is 14.1 Å². The molecule has 2 aromatic rings. The van der Waals surface area contributed by atoms with Crippen LogP contribution >= 0.6 is 12.2 Å². The van der Waals surface area contributed by atoms with Crippen LogP contribution in [0.4, 0.5) is 0 Å². The van der Waals surface area contributed by atoms with Crippen molar-refractivity contribution in [3.8, 4) is 0 Å². The zero-order valence-corrected chi connectivity index (χ0v) is 14.4. The molecule has 23 heavy (non-hydrogen) atoms. The predicted octanol–water partition coefficient (Wildman–Crippen LogP) is 1.99. The lowest BCUT2D eigenvalue weighted by molar-refractivity contribution is 0.0954. The molecule has 3 rings (SSSR count). The van der Waals surface area contributed by atoms with E-state index in [9.17, 15) is 9.00 Å². The summed E-state index contributed by atoms with van der Waals surface area (Å²) in [6.07, 6.45) is 4.52. The van der Waals surface area contributed by atoms with Gasteiger partial charge in [-0.25, -0.2) is 0 Å². The van der Waals surface area contributed by atoms with Crippen LogP contribution in [0, 0.1) is 4.77 Å². The van der Waals surface area contributed by atoms with Gasteiger partial charge in [-0.1, -0.05) is 0 Å². The molecule has 1 unspecified atom stereocenters. The second-order valence-electron chi connectivity index (χ2n) is 5.53. The van der Waals surface area contributed by atoms with Crippen LogP contribution in [0.1, 0.15) is 35.1 Å². The normalized spacial score (nSPS) is 15.3. The number of aromatic amines is 1. The van der Waals surface area contributed by atoms with E-state index < -0.39 is 10.8 Å². The third-order valence-electron chi connectivity index (χ3n) is 3.77. The molecule has 0 aliphatic heterocycles. The van der Waals surface area contributed by atoms with Gasteiger partial charge >= 0.3 is 0 Å². The summed E-state index contributed by atoms with van der Waals surface area (Å²) in [5.41, 5.74) is 0.556. The quantitative estimate of drug-likeness (QED) is 0.781. The molecule has 2 N–H and O–H groups in total.